The first kappa shape index (κ1) is 23.0. The van der Waals surface area contributed by atoms with Crippen LogP contribution in [0.5, 0.6) is 0 Å². The predicted molar refractivity (Wildman–Crippen MR) is 126 cm³/mol. The van der Waals surface area contributed by atoms with Gasteiger partial charge in [0.1, 0.15) is 11.6 Å². The van der Waals surface area contributed by atoms with Gasteiger partial charge in [-0.15, -0.1) is 6.58 Å². The van der Waals surface area contributed by atoms with Gasteiger partial charge in [-0.2, -0.15) is 0 Å². The summed E-state index contributed by atoms with van der Waals surface area (Å²) in [5, 5.41) is 0. The van der Waals surface area contributed by atoms with Crippen LogP contribution in [0.2, 0.25) is 0 Å². The molecule has 3 aliphatic carbocycles. The Kier molecular flexibility index (Phi) is 7.88. The molecule has 172 valence electrons. The van der Waals surface area contributed by atoms with Crippen molar-refractivity contribution in [1.82, 2.24) is 0 Å². The summed E-state index contributed by atoms with van der Waals surface area (Å²) in [6.45, 7) is 5.99. The Morgan fingerprint density at radius 2 is 1.42 bits per heavy atom. The summed E-state index contributed by atoms with van der Waals surface area (Å²) in [6.07, 6.45) is 19.0. The minimum Gasteiger partial charge on any atom is -0.207 e. The first-order chi connectivity index (χ1) is 15.1. The van der Waals surface area contributed by atoms with Crippen molar-refractivity contribution in [2.75, 3.05) is 0 Å². The Labute approximate surface area is 188 Å². The van der Waals surface area contributed by atoms with Gasteiger partial charge in [-0.05, 0) is 124 Å². The maximum atomic E-state index is 14.5. The van der Waals surface area contributed by atoms with Crippen molar-refractivity contribution in [1.29, 1.82) is 0 Å². The summed E-state index contributed by atoms with van der Waals surface area (Å²) in [5.41, 5.74) is 1.11. The van der Waals surface area contributed by atoms with Gasteiger partial charge in [0.25, 0.3) is 0 Å². The largest absolute Gasteiger partial charge is 0.207 e. The zero-order chi connectivity index (χ0) is 21.8. The Morgan fingerprint density at radius 3 is 2.06 bits per heavy atom. The number of allylic oxidation sites excluding steroid dienone is 1. The number of benzene rings is 1. The smallest absolute Gasteiger partial charge is 0.129 e. The Morgan fingerprint density at radius 1 is 0.839 bits per heavy atom. The van der Waals surface area contributed by atoms with Crippen LogP contribution >= 0.6 is 0 Å². The molecule has 4 atom stereocenters. The van der Waals surface area contributed by atoms with E-state index in [9.17, 15) is 8.78 Å². The van der Waals surface area contributed by atoms with E-state index in [2.05, 4.69) is 13.5 Å². The Balaban J connectivity index is 1.30. The number of rotatable bonds is 7. The fraction of sp³-hybridized carbons (Fsp3) is 0.724. The second kappa shape index (κ2) is 10.6. The first-order valence-electron chi connectivity index (χ1n) is 13.2. The molecule has 1 aromatic rings. The molecular weight excluding hydrogens is 386 g/mol. The fourth-order valence-electron chi connectivity index (χ4n) is 7.39. The van der Waals surface area contributed by atoms with Crippen LogP contribution in [0.3, 0.4) is 0 Å². The highest BCUT2D eigenvalue weighted by molar-refractivity contribution is 5.29. The quantitative estimate of drug-likeness (QED) is 0.380. The van der Waals surface area contributed by atoms with E-state index in [-0.39, 0.29) is 17.2 Å². The molecule has 0 aromatic heterocycles. The Bertz CT molecular complexity index is 707. The van der Waals surface area contributed by atoms with Crippen LogP contribution in [0.15, 0.2) is 24.8 Å². The molecule has 3 fully saturated rings. The third-order valence-corrected chi connectivity index (χ3v) is 9.13. The molecule has 0 bridgehead atoms. The van der Waals surface area contributed by atoms with E-state index in [4.69, 9.17) is 0 Å². The molecule has 3 aliphatic rings. The lowest BCUT2D eigenvalue weighted by Crippen LogP contribution is -2.34. The third kappa shape index (κ3) is 5.42. The first-order valence-corrected chi connectivity index (χ1v) is 13.2. The van der Waals surface area contributed by atoms with E-state index in [1.807, 2.05) is 0 Å². The Hall–Kier alpha value is -1.18. The van der Waals surface area contributed by atoms with Crippen molar-refractivity contribution in [3.63, 3.8) is 0 Å². The van der Waals surface area contributed by atoms with Crippen molar-refractivity contribution < 1.29 is 8.78 Å². The fourth-order valence-corrected chi connectivity index (χ4v) is 7.39. The molecule has 0 nitrogen and oxygen atoms in total. The van der Waals surface area contributed by atoms with Crippen molar-refractivity contribution >= 4 is 0 Å². The highest BCUT2D eigenvalue weighted by Gasteiger charge is 2.38. The molecule has 0 radical (unpaired) electrons. The van der Waals surface area contributed by atoms with Crippen molar-refractivity contribution in [2.24, 2.45) is 29.6 Å². The highest BCUT2D eigenvalue weighted by atomic mass is 19.1. The average Bonchev–Trinajstić information content (AvgIpc) is 2.78. The molecule has 2 heteroatoms. The van der Waals surface area contributed by atoms with Gasteiger partial charge in [0.2, 0.25) is 0 Å². The summed E-state index contributed by atoms with van der Waals surface area (Å²) in [4.78, 5) is 0. The molecule has 3 saturated carbocycles. The van der Waals surface area contributed by atoms with Crippen molar-refractivity contribution in [3.8, 4) is 0 Å². The van der Waals surface area contributed by atoms with Gasteiger partial charge in [0.05, 0.1) is 0 Å². The normalized spacial score (nSPS) is 33.6. The summed E-state index contributed by atoms with van der Waals surface area (Å²) < 4.78 is 29.0. The SMILES string of the molecule is C=CCCc1c(F)cc(C2CCC(C3CCC4CC(CCC)CCC4C3)CC2)cc1F. The zero-order valence-electron chi connectivity index (χ0n) is 19.6. The number of hydrogen-bond acceptors (Lipinski definition) is 0. The standard InChI is InChI=1S/C29H42F2/c1-3-5-7-27-28(30)18-26(19-29(27)31)22-12-10-21(11-13-22)24-15-14-23-16-20(6-4-2)8-9-25(23)17-24/h3,18-25H,1,4-17H2,2H3. The zero-order valence-corrected chi connectivity index (χ0v) is 19.6. The third-order valence-electron chi connectivity index (χ3n) is 9.13. The van der Waals surface area contributed by atoms with Gasteiger partial charge in [-0.1, -0.05) is 32.3 Å². The predicted octanol–water partition coefficient (Wildman–Crippen LogP) is 8.99. The lowest BCUT2D eigenvalue weighted by atomic mass is 9.60. The average molecular weight is 429 g/mol. The van der Waals surface area contributed by atoms with E-state index in [0.29, 0.717) is 18.8 Å². The van der Waals surface area contributed by atoms with Gasteiger partial charge < -0.3 is 0 Å². The lowest BCUT2D eigenvalue weighted by molar-refractivity contribution is 0.0617. The van der Waals surface area contributed by atoms with Crippen LogP contribution in [-0.2, 0) is 6.42 Å². The van der Waals surface area contributed by atoms with Crippen LogP contribution in [-0.4, -0.2) is 0 Å². The molecule has 4 unspecified atom stereocenters. The van der Waals surface area contributed by atoms with E-state index < -0.39 is 0 Å². The molecular formula is C29H42F2. The van der Waals surface area contributed by atoms with Crippen molar-refractivity contribution in [3.05, 3.63) is 47.5 Å². The molecule has 0 saturated heterocycles. The van der Waals surface area contributed by atoms with E-state index in [1.165, 1.54) is 64.2 Å². The topological polar surface area (TPSA) is 0 Å². The maximum absolute atomic E-state index is 14.5. The molecule has 4 rings (SSSR count). The number of fused-ring (bicyclic) bond motifs is 1. The maximum Gasteiger partial charge on any atom is 0.129 e. The summed E-state index contributed by atoms with van der Waals surface area (Å²) in [6, 6.07) is 3.24. The molecule has 31 heavy (non-hydrogen) atoms. The van der Waals surface area contributed by atoms with Crippen LogP contribution in [0, 0.1) is 41.2 Å². The van der Waals surface area contributed by atoms with Crippen LogP contribution < -0.4 is 0 Å². The van der Waals surface area contributed by atoms with Gasteiger partial charge in [-0.3, -0.25) is 0 Å². The highest BCUT2D eigenvalue weighted by Crippen LogP contribution is 2.50. The lowest BCUT2D eigenvalue weighted by Gasteiger charge is -2.45. The van der Waals surface area contributed by atoms with Gasteiger partial charge in [0.15, 0.2) is 0 Å². The summed E-state index contributed by atoms with van der Waals surface area (Å²) in [7, 11) is 0. The second-order valence-electron chi connectivity index (χ2n) is 11.0. The molecule has 0 heterocycles. The summed E-state index contributed by atoms with van der Waals surface area (Å²) >= 11 is 0. The van der Waals surface area contributed by atoms with E-state index in [0.717, 1.165) is 48.0 Å². The molecule has 0 N–H and O–H groups in total. The van der Waals surface area contributed by atoms with E-state index in [1.54, 1.807) is 18.2 Å². The van der Waals surface area contributed by atoms with Crippen molar-refractivity contribution in [2.45, 2.75) is 103 Å². The molecule has 0 amide bonds. The van der Waals surface area contributed by atoms with E-state index >= 15 is 0 Å². The van der Waals surface area contributed by atoms with Crippen LogP contribution in [0.4, 0.5) is 8.78 Å². The minimum atomic E-state index is -0.365. The second-order valence-corrected chi connectivity index (χ2v) is 11.0. The minimum absolute atomic E-state index is 0.225. The van der Waals surface area contributed by atoms with Crippen LogP contribution in [0.25, 0.3) is 0 Å². The molecule has 0 spiro atoms. The van der Waals surface area contributed by atoms with Crippen LogP contribution in [0.1, 0.15) is 107 Å². The van der Waals surface area contributed by atoms with Gasteiger partial charge in [0, 0.05) is 5.56 Å². The van der Waals surface area contributed by atoms with Gasteiger partial charge in [-0.25, -0.2) is 8.78 Å². The molecule has 1 aromatic carbocycles. The van der Waals surface area contributed by atoms with Gasteiger partial charge >= 0.3 is 0 Å². The monoisotopic (exact) mass is 428 g/mol. The molecule has 0 aliphatic heterocycles. The number of hydrogen-bond donors (Lipinski definition) is 0. The number of halogens is 2. The summed E-state index contributed by atoms with van der Waals surface area (Å²) in [5.74, 6) is 4.33.